The number of aryl methyl sites for hydroxylation is 2. The van der Waals surface area contributed by atoms with E-state index in [1.807, 2.05) is 19.0 Å². The molecule has 13 heavy (non-hydrogen) atoms. The van der Waals surface area contributed by atoms with E-state index in [2.05, 4.69) is 13.0 Å². The van der Waals surface area contributed by atoms with Crippen molar-refractivity contribution in [3.8, 4) is 0 Å². The Morgan fingerprint density at radius 1 is 1.46 bits per heavy atom. The number of anilines is 1. The normalized spacial score (nSPS) is 10.5. The highest BCUT2D eigenvalue weighted by Crippen LogP contribution is 2.21. The fourth-order valence-corrected chi connectivity index (χ4v) is 1.23. The number of hydrogen-bond donors (Lipinski definition) is 1. The number of hydrogen-bond acceptors (Lipinski definition) is 3. The van der Waals surface area contributed by atoms with Crippen LogP contribution in [0.5, 0.6) is 0 Å². The number of furan rings is 1. The van der Waals surface area contributed by atoms with Gasteiger partial charge >= 0.3 is 0 Å². The molecule has 74 valence electrons. The van der Waals surface area contributed by atoms with Gasteiger partial charge in [0.2, 0.25) is 0 Å². The quantitative estimate of drug-likeness (QED) is 0.768. The summed E-state index contributed by atoms with van der Waals surface area (Å²) in [6, 6.07) is 2.06. The van der Waals surface area contributed by atoms with Crippen molar-refractivity contribution in [2.75, 3.05) is 25.5 Å². The summed E-state index contributed by atoms with van der Waals surface area (Å²) < 4.78 is 5.65. The summed E-state index contributed by atoms with van der Waals surface area (Å²) in [4.78, 5) is 1.97. The van der Waals surface area contributed by atoms with Crippen LogP contribution in [0.3, 0.4) is 0 Å². The van der Waals surface area contributed by atoms with Gasteiger partial charge in [0.05, 0.1) is 0 Å². The molecule has 1 aromatic heterocycles. The third-order valence-corrected chi connectivity index (χ3v) is 2.06. The molecule has 1 rings (SSSR count). The second-order valence-electron chi connectivity index (χ2n) is 3.48. The third kappa shape index (κ3) is 2.49. The molecule has 0 aromatic carbocycles. The maximum absolute atomic E-state index is 5.65. The fraction of sp³-hybridized carbons (Fsp3) is 0.600. The van der Waals surface area contributed by atoms with Crippen LogP contribution in [0, 0.1) is 6.92 Å². The highest BCUT2D eigenvalue weighted by atomic mass is 16.4. The molecule has 0 bridgehead atoms. The molecule has 0 aliphatic carbocycles. The Hall–Kier alpha value is -0.960. The van der Waals surface area contributed by atoms with Gasteiger partial charge in [-0.05, 0) is 25.5 Å². The van der Waals surface area contributed by atoms with Gasteiger partial charge in [-0.3, -0.25) is 0 Å². The first-order valence-corrected chi connectivity index (χ1v) is 4.62. The number of rotatable bonds is 4. The molecule has 2 N–H and O–H groups in total. The van der Waals surface area contributed by atoms with Crippen molar-refractivity contribution < 1.29 is 4.42 Å². The van der Waals surface area contributed by atoms with Crippen LogP contribution in [0.25, 0.3) is 0 Å². The molecule has 0 spiro atoms. The first kappa shape index (κ1) is 10.1. The molecule has 0 aliphatic heterocycles. The van der Waals surface area contributed by atoms with Crippen molar-refractivity contribution in [1.29, 1.82) is 0 Å². The van der Waals surface area contributed by atoms with Crippen LogP contribution < -0.4 is 10.6 Å². The molecule has 0 radical (unpaired) electrons. The van der Waals surface area contributed by atoms with Crippen molar-refractivity contribution in [3.63, 3.8) is 0 Å². The number of nitrogens with two attached hydrogens (primary N) is 1. The Balaban J connectivity index is 2.71. The van der Waals surface area contributed by atoms with Gasteiger partial charge in [-0.1, -0.05) is 0 Å². The Morgan fingerprint density at radius 3 is 2.62 bits per heavy atom. The minimum absolute atomic E-state index is 0.720. The van der Waals surface area contributed by atoms with E-state index in [1.54, 1.807) is 0 Å². The highest BCUT2D eigenvalue weighted by molar-refractivity contribution is 5.39. The van der Waals surface area contributed by atoms with Gasteiger partial charge in [-0.25, -0.2) is 0 Å². The van der Waals surface area contributed by atoms with Crippen LogP contribution in [0.15, 0.2) is 10.5 Å². The van der Waals surface area contributed by atoms with Gasteiger partial charge < -0.3 is 15.1 Å². The van der Waals surface area contributed by atoms with Crippen LogP contribution in [0.2, 0.25) is 0 Å². The minimum atomic E-state index is 0.720. The van der Waals surface area contributed by atoms with E-state index >= 15 is 0 Å². The molecule has 0 atom stereocenters. The van der Waals surface area contributed by atoms with Crippen LogP contribution in [0.1, 0.15) is 17.7 Å². The predicted octanol–water partition coefficient (Wildman–Crippen LogP) is 1.55. The first-order chi connectivity index (χ1) is 6.15. The van der Waals surface area contributed by atoms with Crippen molar-refractivity contribution in [3.05, 3.63) is 17.4 Å². The summed E-state index contributed by atoms with van der Waals surface area (Å²) in [5, 5.41) is 0. The zero-order valence-electron chi connectivity index (χ0n) is 8.63. The molecule has 0 saturated carbocycles. The van der Waals surface area contributed by atoms with E-state index in [0.29, 0.717) is 0 Å². The van der Waals surface area contributed by atoms with E-state index in [-0.39, 0.29) is 0 Å². The smallest absolute Gasteiger partial charge is 0.195 e. The lowest BCUT2D eigenvalue weighted by Crippen LogP contribution is -2.06. The SMILES string of the molecule is Cc1cc(N(C)C)oc1CCCN. The Kier molecular flexibility index (Phi) is 3.37. The summed E-state index contributed by atoms with van der Waals surface area (Å²) in [6.45, 7) is 2.79. The van der Waals surface area contributed by atoms with Gasteiger partial charge in [0, 0.05) is 26.6 Å². The average Bonchev–Trinajstić information content (AvgIpc) is 2.44. The second-order valence-corrected chi connectivity index (χ2v) is 3.48. The fourth-order valence-electron chi connectivity index (χ4n) is 1.23. The van der Waals surface area contributed by atoms with Crippen molar-refractivity contribution in [1.82, 2.24) is 0 Å². The topological polar surface area (TPSA) is 42.4 Å². The molecule has 0 saturated heterocycles. The van der Waals surface area contributed by atoms with Crippen LogP contribution in [0.4, 0.5) is 5.88 Å². The largest absolute Gasteiger partial charge is 0.445 e. The summed E-state index contributed by atoms with van der Waals surface area (Å²) >= 11 is 0. The second kappa shape index (κ2) is 4.33. The van der Waals surface area contributed by atoms with Gasteiger partial charge in [-0.2, -0.15) is 0 Å². The Bertz CT molecular complexity index is 266. The summed E-state index contributed by atoms with van der Waals surface area (Å²) in [5.41, 5.74) is 6.66. The third-order valence-electron chi connectivity index (χ3n) is 2.06. The molecular weight excluding hydrogens is 164 g/mol. The first-order valence-electron chi connectivity index (χ1n) is 4.62. The number of nitrogens with zero attached hydrogens (tertiary/aromatic N) is 1. The van der Waals surface area contributed by atoms with Crippen molar-refractivity contribution in [2.45, 2.75) is 19.8 Å². The van der Waals surface area contributed by atoms with Gasteiger partial charge in [0.15, 0.2) is 5.88 Å². The van der Waals surface area contributed by atoms with Gasteiger partial charge in [-0.15, -0.1) is 0 Å². The van der Waals surface area contributed by atoms with Crippen LogP contribution in [-0.4, -0.2) is 20.6 Å². The summed E-state index contributed by atoms with van der Waals surface area (Å²) in [5.74, 6) is 1.98. The molecule has 0 unspecified atom stereocenters. The van der Waals surface area contributed by atoms with Crippen molar-refractivity contribution in [2.24, 2.45) is 5.73 Å². The van der Waals surface area contributed by atoms with E-state index in [1.165, 1.54) is 5.56 Å². The molecule has 0 fully saturated rings. The summed E-state index contributed by atoms with van der Waals surface area (Å²) in [6.07, 6.45) is 1.93. The lowest BCUT2D eigenvalue weighted by molar-refractivity contribution is 0.501. The zero-order chi connectivity index (χ0) is 9.84. The molecule has 3 nitrogen and oxygen atoms in total. The lowest BCUT2D eigenvalue weighted by atomic mass is 10.2. The predicted molar refractivity (Wildman–Crippen MR) is 55.1 cm³/mol. The monoisotopic (exact) mass is 182 g/mol. The lowest BCUT2D eigenvalue weighted by Gasteiger charge is -2.06. The Labute approximate surface area is 79.5 Å². The summed E-state index contributed by atoms with van der Waals surface area (Å²) in [7, 11) is 3.95. The molecule has 1 aromatic rings. The molecule has 3 heteroatoms. The Morgan fingerprint density at radius 2 is 2.15 bits per heavy atom. The van der Waals surface area contributed by atoms with Crippen molar-refractivity contribution >= 4 is 5.88 Å². The zero-order valence-corrected chi connectivity index (χ0v) is 8.63. The van der Waals surface area contributed by atoms with E-state index in [4.69, 9.17) is 10.2 Å². The molecule has 0 amide bonds. The standard InChI is InChI=1S/C10H18N2O/c1-8-7-10(12(2)3)13-9(8)5-4-6-11/h7H,4-6,11H2,1-3H3. The minimum Gasteiger partial charge on any atom is -0.445 e. The molecule has 0 aliphatic rings. The average molecular weight is 182 g/mol. The molecular formula is C10H18N2O. The van der Waals surface area contributed by atoms with Gasteiger partial charge in [0.1, 0.15) is 5.76 Å². The maximum atomic E-state index is 5.65. The highest BCUT2D eigenvalue weighted by Gasteiger charge is 2.07. The van der Waals surface area contributed by atoms with E-state index in [0.717, 1.165) is 31.0 Å². The van der Waals surface area contributed by atoms with E-state index in [9.17, 15) is 0 Å². The maximum Gasteiger partial charge on any atom is 0.195 e. The van der Waals surface area contributed by atoms with Gasteiger partial charge in [0.25, 0.3) is 0 Å². The van der Waals surface area contributed by atoms with E-state index < -0.39 is 0 Å². The van der Waals surface area contributed by atoms with Crippen LogP contribution >= 0.6 is 0 Å². The van der Waals surface area contributed by atoms with Crippen LogP contribution in [-0.2, 0) is 6.42 Å². The molecule has 1 heterocycles.